The fourth-order valence-corrected chi connectivity index (χ4v) is 2.32. The van der Waals surface area contributed by atoms with Gasteiger partial charge in [0.1, 0.15) is 0 Å². The smallest absolute Gasteiger partial charge is 0.292 e. The first-order chi connectivity index (χ1) is 8.72. The molecule has 0 radical (unpaired) electrons. The molecule has 1 aromatic rings. The maximum atomic E-state index is 11.8. The second kappa shape index (κ2) is 4.66. The van der Waals surface area contributed by atoms with E-state index in [1.54, 1.807) is 0 Å². The highest BCUT2D eigenvalue weighted by Gasteiger charge is 2.30. The van der Waals surface area contributed by atoms with Crippen LogP contribution < -0.4 is 10.6 Å². The largest absolute Gasteiger partial charge is 0.393 e. The third-order valence-corrected chi connectivity index (χ3v) is 3.45. The molecule has 2 aliphatic rings. The van der Waals surface area contributed by atoms with E-state index in [-0.39, 0.29) is 29.9 Å². The molecule has 1 amide bonds. The maximum absolute atomic E-state index is 11.8. The molecule has 98 valence electrons. The van der Waals surface area contributed by atoms with Crippen LogP contribution in [0.3, 0.4) is 0 Å². The van der Waals surface area contributed by atoms with Crippen LogP contribution in [0.15, 0.2) is 4.52 Å². The van der Waals surface area contributed by atoms with E-state index in [2.05, 4.69) is 20.8 Å². The van der Waals surface area contributed by atoms with Gasteiger partial charge in [-0.1, -0.05) is 5.16 Å². The molecule has 3 rings (SSSR count). The molecule has 1 aliphatic carbocycles. The molecular formula is C11H16N4O3. The van der Waals surface area contributed by atoms with Gasteiger partial charge in [-0.05, 0) is 32.2 Å². The van der Waals surface area contributed by atoms with Crippen LogP contribution >= 0.6 is 0 Å². The average Bonchev–Trinajstić information content (AvgIpc) is 2.97. The second-order valence-electron chi connectivity index (χ2n) is 4.90. The van der Waals surface area contributed by atoms with Crippen molar-refractivity contribution in [3.63, 3.8) is 0 Å². The summed E-state index contributed by atoms with van der Waals surface area (Å²) in [5.74, 6) is 0.214. The van der Waals surface area contributed by atoms with Gasteiger partial charge in [0.25, 0.3) is 11.7 Å². The minimum atomic E-state index is -0.333. The predicted molar refractivity (Wildman–Crippen MR) is 60.8 cm³/mol. The van der Waals surface area contributed by atoms with Crippen LogP contribution in [-0.4, -0.2) is 39.8 Å². The molecule has 1 saturated heterocycles. The number of carbonyl (C=O) groups excluding carboxylic acids is 1. The fraction of sp³-hybridized carbons (Fsp3) is 0.727. The molecule has 1 atom stereocenters. The Morgan fingerprint density at radius 3 is 3.00 bits per heavy atom. The summed E-state index contributed by atoms with van der Waals surface area (Å²) in [6.45, 7) is 0.939. The third kappa shape index (κ3) is 2.23. The zero-order chi connectivity index (χ0) is 12.5. The van der Waals surface area contributed by atoms with Gasteiger partial charge in [-0.15, -0.1) is 0 Å². The van der Waals surface area contributed by atoms with Crippen molar-refractivity contribution in [1.82, 2.24) is 20.8 Å². The van der Waals surface area contributed by atoms with Gasteiger partial charge in [0.15, 0.2) is 0 Å². The number of amides is 1. The summed E-state index contributed by atoms with van der Waals surface area (Å²) < 4.78 is 5.09. The molecule has 7 heteroatoms. The number of carbonyl (C=O) groups is 1. The van der Waals surface area contributed by atoms with Crippen LogP contribution in [-0.2, 0) is 0 Å². The maximum Gasteiger partial charge on any atom is 0.292 e. The number of aromatic nitrogens is 2. The zero-order valence-corrected chi connectivity index (χ0v) is 9.93. The van der Waals surface area contributed by atoms with Gasteiger partial charge in [0.2, 0.25) is 5.89 Å². The van der Waals surface area contributed by atoms with E-state index in [4.69, 9.17) is 9.63 Å². The molecule has 0 aromatic carbocycles. The summed E-state index contributed by atoms with van der Waals surface area (Å²) in [5, 5.41) is 18.8. The Balaban J connectivity index is 1.60. The van der Waals surface area contributed by atoms with E-state index in [1.807, 2.05) is 0 Å². The van der Waals surface area contributed by atoms with Gasteiger partial charge < -0.3 is 20.3 Å². The topological polar surface area (TPSA) is 100 Å². The first-order valence-corrected chi connectivity index (χ1v) is 6.28. The fourth-order valence-electron chi connectivity index (χ4n) is 2.32. The van der Waals surface area contributed by atoms with Crippen LogP contribution in [0.25, 0.3) is 0 Å². The monoisotopic (exact) mass is 252 g/mol. The summed E-state index contributed by atoms with van der Waals surface area (Å²) in [6.07, 6.45) is 2.94. The van der Waals surface area contributed by atoms with Crippen molar-refractivity contribution < 1.29 is 14.4 Å². The number of nitrogens with one attached hydrogen (secondary N) is 2. The van der Waals surface area contributed by atoms with Crippen molar-refractivity contribution in [1.29, 1.82) is 0 Å². The normalized spacial score (nSPS) is 31.1. The van der Waals surface area contributed by atoms with Gasteiger partial charge in [0.05, 0.1) is 12.1 Å². The summed E-state index contributed by atoms with van der Waals surface area (Å²) in [7, 11) is 0. The molecule has 2 fully saturated rings. The van der Waals surface area contributed by atoms with E-state index < -0.39 is 0 Å². The highest BCUT2D eigenvalue weighted by molar-refractivity contribution is 5.90. The first kappa shape index (κ1) is 11.6. The lowest BCUT2D eigenvalue weighted by atomic mass is 9.89. The van der Waals surface area contributed by atoms with Crippen molar-refractivity contribution in [2.75, 3.05) is 6.54 Å². The third-order valence-electron chi connectivity index (χ3n) is 3.45. The van der Waals surface area contributed by atoms with Gasteiger partial charge >= 0.3 is 0 Å². The Kier molecular flexibility index (Phi) is 3.00. The number of rotatable bonds is 3. The predicted octanol–water partition coefficient (Wildman–Crippen LogP) is -0.253. The first-order valence-electron chi connectivity index (χ1n) is 6.28. The number of aliphatic hydroxyl groups is 1. The zero-order valence-electron chi connectivity index (χ0n) is 9.93. The average molecular weight is 252 g/mol. The van der Waals surface area contributed by atoms with Crippen LogP contribution in [0.4, 0.5) is 0 Å². The Morgan fingerprint density at radius 2 is 2.33 bits per heavy atom. The highest BCUT2D eigenvalue weighted by Crippen LogP contribution is 2.22. The van der Waals surface area contributed by atoms with Crippen molar-refractivity contribution in [2.24, 2.45) is 0 Å². The Labute approximate surface area is 104 Å². The van der Waals surface area contributed by atoms with Crippen LogP contribution in [0, 0.1) is 0 Å². The van der Waals surface area contributed by atoms with E-state index in [0.29, 0.717) is 18.7 Å². The van der Waals surface area contributed by atoms with Crippen molar-refractivity contribution in [2.45, 2.75) is 43.9 Å². The number of aliphatic hydroxyl groups excluding tert-OH is 1. The molecule has 1 aliphatic heterocycles. The molecule has 7 nitrogen and oxygen atoms in total. The van der Waals surface area contributed by atoms with E-state index in [1.165, 1.54) is 0 Å². The van der Waals surface area contributed by atoms with Gasteiger partial charge in [-0.2, -0.15) is 4.98 Å². The Bertz CT molecular complexity index is 435. The molecule has 0 spiro atoms. The van der Waals surface area contributed by atoms with Crippen LogP contribution in [0.1, 0.15) is 48.2 Å². The van der Waals surface area contributed by atoms with Crippen molar-refractivity contribution in [3.8, 4) is 0 Å². The molecule has 1 saturated carbocycles. The molecule has 1 unspecified atom stereocenters. The molecule has 0 bridgehead atoms. The van der Waals surface area contributed by atoms with E-state index in [0.717, 1.165) is 19.4 Å². The van der Waals surface area contributed by atoms with Gasteiger partial charge in [-0.3, -0.25) is 4.79 Å². The van der Waals surface area contributed by atoms with E-state index >= 15 is 0 Å². The summed E-state index contributed by atoms with van der Waals surface area (Å²) in [4.78, 5) is 15.9. The van der Waals surface area contributed by atoms with E-state index in [9.17, 15) is 4.79 Å². The minimum absolute atomic E-state index is 0.0269. The molecule has 3 N–H and O–H groups in total. The standard InChI is InChI=1S/C11H16N4O3/c16-7-4-6(5-7)13-10(17)9-14-11(18-15-9)8-2-1-3-12-8/h6-8,12,16H,1-5H2,(H,13,17). The van der Waals surface area contributed by atoms with Gasteiger partial charge in [0, 0.05) is 6.04 Å². The Morgan fingerprint density at radius 1 is 1.50 bits per heavy atom. The molecule has 2 heterocycles. The lowest BCUT2D eigenvalue weighted by molar-refractivity contribution is 0.0557. The summed E-state index contributed by atoms with van der Waals surface area (Å²) in [5.41, 5.74) is 0. The summed E-state index contributed by atoms with van der Waals surface area (Å²) >= 11 is 0. The quantitative estimate of drug-likeness (QED) is 0.685. The van der Waals surface area contributed by atoms with Crippen LogP contribution in [0.2, 0.25) is 0 Å². The number of hydrogen-bond acceptors (Lipinski definition) is 6. The number of nitrogens with zero attached hydrogens (tertiary/aromatic N) is 2. The molecule has 1 aromatic heterocycles. The molecule has 18 heavy (non-hydrogen) atoms. The minimum Gasteiger partial charge on any atom is -0.393 e. The summed E-state index contributed by atoms with van der Waals surface area (Å²) in [6, 6.07) is 0.101. The lowest BCUT2D eigenvalue weighted by Crippen LogP contribution is -2.47. The SMILES string of the molecule is O=C(NC1CC(O)C1)c1noc(C2CCCN2)n1. The molecular weight excluding hydrogens is 236 g/mol. The van der Waals surface area contributed by atoms with Gasteiger partial charge in [-0.25, -0.2) is 0 Å². The second-order valence-corrected chi connectivity index (χ2v) is 4.90. The number of hydrogen-bond donors (Lipinski definition) is 3. The lowest BCUT2D eigenvalue weighted by Gasteiger charge is -2.31. The van der Waals surface area contributed by atoms with Crippen LogP contribution in [0.5, 0.6) is 0 Å². The Hall–Kier alpha value is -1.47. The highest BCUT2D eigenvalue weighted by atomic mass is 16.5. The van der Waals surface area contributed by atoms with Crippen molar-refractivity contribution in [3.05, 3.63) is 11.7 Å². The van der Waals surface area contributed by atoms with Crippen molar-refractivity contribution >= 4 is 5.91 Å².